The molecule has 1 unspecified atom stereocenters. The van der Waals surface area contributed by atoms with Crippen LogP contribution in [0.2, 0.25) is 0 Å². The van der Waals surface area contributed by atoms with Crippen molar-refractivity contribution in [2.75, 3.05) is 13.1 Å². The van der Waals surface area contributed by atoms with Crippen LogP contribution in [0.15, 0.2) is 18.2 Å². The minimum Gasteiger partial charge on any atom is -0.393 e. The fourth-order valence-corrected chi connectivity index (χ4v) is 2.80. The van der Waals surface area contributed by atoms with Gasteiger partial charge in [0.2, 0.25) is 0 Å². The summed E-state index contributed by atoms with van der Waals surface area (Å²) < 4.78 is 13.4. The van der Waals surface area contributed by atoms with Crippen LogP contribution < -0.4 is 0 Å². The maximum atomic E-state index is 13.4. The van der Waals surface area contributed by atoms with E-state index < -0.39 is 0 Å². The number of hydrogen-bond donors (Lipinski definition) is 2. The Morgan fingerprint density at radius 1 is 1.47 bits per heavy atom. The van der Waals surface area contributed by atoms with Crippen LogP contribution in [0.1, 0.15) is 24.6 Å². The molecule has 0 saturated carbocycles. The van der Waals surface area contributed by atoms with E-state index in [0.717, 1.165) is 43.4 Å². The Bertz CT molecular complexity index is 591. The van der Waals surface area contributed by atoms with Crippen LogP contribution in [0.25, 0.3) is 10.9 Å². The molecule has 2 aromatic rings. The number of hydrogen-bond acceptors (Lipinski definition) is 2. The predicted octanol–water partition coefficient (Wildman–Crippen LogP) is 2.44. The van der Waals surface area contributed by atoms with Gasteiger partial charge in [0.1, 0.15) is 5.82 Å². The number of aromatic amines is 1. The number of halogens is 1. The molecule has 0 bridgehead atoms. The number of benzene rings is 1. The molecule has 102 valence electrons. The van der Waals surface area contributed by atoms with E-state index in [1.807, 2.05) is 13.0 Å². The molecule has 0 radical (unpaired) electrons. The molecule has 0 aliphatic carbocycles. The Hall–Kier alpha value is -1.39. The summed E-state index contributed by atoms with van der Waals surface area (Å²) in [5.41, 5.74) is 3.46. The minimum absolute atomic E-state index is 0.185. The lowest BCUT2D eigenvalue weighted by Gasteiger charge is -2.27. The lowest BCUT2D eigenvalue weighted by Crippen LogP contribution is -2.32. The number of aromatic nitrogens is 1. The van der Waals surface area contributed by atoms with Gasteiger partial charge < -0.3 is 10.1 Å². The Morgan fingerprint density at radius 2 is 2.32 bits per heavy atom. The van der Waals surface area contributed by atoms with Crippen LogP contribution in [-0.4, -0.2) is 34.2 Å². The summed E-state index contributed by atoms with van der Waals surface area (Å²) in [5, 5.41) is 10.4. The van der Waals surface area contributed by atoms with Crippen molar-refractivity contribution in [3.63, 3.8) is 0 Å². The van der Waals surface area contributed by atoms with Gasteiger partial charge >= 0.3 is 0 Å². The highest BCUT2D eigenvalue weighted by atomic mass is 19.1. The van der Waals surface area contributed by atoms with Crippen LogP contribution in [0.3, 0.4) is 0 Å². The number of nitrogens with one attached hydrogen (secondary N) is 1. The molecule has 2 heterocycles. The standard InChI is InChI=1S/C15H19FN2O/c1-10(19)4-6-18-7-5-15-13(9-18)12-8-11(16)2-3-14(12)17-15/h2-3,8,10,17,19H,4-7,9H2,1H3. The maximum absolute atomic E-state index is 13.4. The number of aliphatic hydroxyl groups excluding tert-OH is 1. The van der Waals surface area contributed by atoms with Gasteiger partial charge in [0.25, 0.3) is 0 Å². The lowest BCUT2D eigenvalue weighted by atomic mass is 10.0. The van der Waals surface area contributed by atoms with Crippen LogP contribution >= 0.6 is 0 Å². The molecule has 3 nitrogen and oxygen atoms in total. The third-order valence-electron chi connectivity index (χ3n) is 3.88. The van der Waals surface area contributed by atoms with Crippen LogP contribution in [0.5, 0.6) is 0 Å². The molecule has 1 aliphatic heterocycles. The van der Waals surface area contributed by atoms with E-state index in [4.69, 9.17) is 0 Å². The molecular formula is C15H19FN2O. The van der Waals surface area contributed by atoms with Gasteiger partial charge in [-0.3, -0.25) is 4.90 Å². The van der Waals surface area contributed by atoms with Crippen molar-refractivity contribution >= 4 is 10.9 Å². The topological polar surface area (TPSA) is 39.3 Å². The zero-order valence-electron chi connectivity index (χ0n) is 11.1. The summed E-state index contributed by atoms with van der Waals surface area (Å²) in [7, 11) is 0. The summed E-state index contributed by atoms with van der Waals surface area (Å²) in [6, 6.07) is 4.92. The fourth-order valence-electron chi connectivity index (χ4n) is 2.80. The van der Waals surface area contributed by atoms with Crippen molar-refractivity contribution < 1.29 is 9.50 Å². The molecule has 0 spiro atoms. The number of nitrogens with zero attached hydrogens (tertiary/aromatic N) is 1. The van der Waals surface area contributed by atoms with Crippen molar-refractivity contribution in [2.24, 2.45) is 0 Å². The van der Waals surface area contributed by atoms with Gasteiger partial charge in [-0.25, -0.2) is 4.39 Å². The molecule has 4 heteroatoms. The molecule has 1 aromatic carbocycles. The van der Waals surface area contributed by atoms with Gasteiger partial charge in [0.05, 0.1) is 6.10 Å². The maximum Gasteiger partial charge on any atom is 0.123 e. The normalized spacial score (nSPS) is 17.6. The second-order valence-electron chi connectivity index (χ2n) is 5.44. The first-order chi connectivity index (χ1) is 9.13. The Morgan fingerprint density at radius 3 is 3.11 bits per heavy atom. The molecule has 3 rings (SSSR count). The molecule has 0 fully saturated rings. The first kappa shape index (κ1) is 12.6. The highest BCUT2D eigenvalue weighted by Gasteiger charge is 2.20. The third-order valence-corrected chi connectivity index (χ3v) is 3.88. The molecule has 0 amide bonds. The van der Waals surface area contributed by atoms with Crippen molar-refractivity contribution in [1.29, 1.82) is 0 Å². The van der Waals surface area contributed by atoms with Gasteiger partial charge in [-0.05, 0) is 37.1 Å². The minimum atomic E-state index is -0.262. The number of fused-ring (bicyclic) bond motifs is 3. The van der Waals surface area contributed by atoms with E-state index in [2.05, 4.69) is 9.88 Å². The van der Waals surface area contributed by atoms with Crippen molar-refractivity contribution in [3.8, 4) is 0 Å². The van der Waals surface area contributed by atoms with Crippen molar-refractivity contribution in [2.45, 2.75) is 32.4 Å². The predicted molar refractivity (Wildman–Crippen MR) is 73.5 cm³/mol. The Kier molecular flexibility index (Phi) is 3.29. The molecule has 1 atom stereocenters. The van der Waals surface area contributed by atoms with E-state index in [9.17, 15) is 9.50 Å². The second kappa shape index (κ2) is 4.94. The lowest BCUT2D eigenvalue weighted by molar-refractivity contribution is 0.151. The third kappa shape index (κ3) is 2.51. The number of aliphatic hydroxyl groups is 1. The van der Waals surface area contributed by atoms with Gasteiger partial charge in [0.15, 0.2) is 0 Å². The van der Waals surface area contributed by atoms with E-state index in [0.29, 0.717) is 0 Å². The molecule has 0 saturated heterocycles. The van der Waals surface area contributed by atoms with Crippen LogP contribution in [-0.2, 0) is 13.0 Å². The summed E-state index contributed by atoms with van der Waals surface area (Å²) in [6.45, 7) is 4.54. The second-order valence-corrected chi connectivity index (χ2v) is 5.44. The Balaban J connectivity index is 1.86. The quantitative estimate of drug-likeness (QED) is 0.891. The monoisotopic (exact) mass is 262 g/mol. The van der Waals surface area contributed by atoms with Gasteiger partial charge in [-0.2, -0.15) is 0 Å². The molecular weight excluding hydrogens is 243 g/mol. The zero-order chi connectivity index (χ0) is 13.4. The average Bonchev–Trinajstić information content (AvgIpc) is 2.74. The highest BCUT2D eigenvalue weighted by molar-refractivity contribution is 5.84. The van der Waals surface area contributed by atoms with E-state index >= 15 is 0 Å². The zero-order valence-corrected chi connectivity index (χ0v) is 11.1. The van der Waals surface area contributed by atoms with E-state index in [1.165, 1.54) is 17.3 Å². The molecule has 19 heavy (non-hydrogen) atoms. The molecule has 1 aromatic heterocycles. The van der Waals surface area contributed by atoms with E-state index in [-0.39, 0.29) is 11.9 Å². The smallest absolute Gasteiger partial charge is 0.123 e. The van der Waals surface area contributed by atoms with Crippen LogP contribution in [0.4, 0.5) is 4.39 Å². The SMILES string of the molecule is CC(O)CCN1CCc2[nH]c3ccc(F)cc3c2C1. The highest BCUT2D eigenvalue weighted by Crippen LogP contribution is 2.28. The first-order valence-corrected chi connectivity index (χ1v) is 6.83. The first-order valence-electron chi connectivity index (χ1n) is 6.83. The van der Waals surface area contributed by atoms with Crippen molar-refractivity contribution in [1.82, 2.24) is 9.88 Å². The molecule has 1 aliphatic rings. The van der Waals surface area contributed by atoms with Gasteiger partial charge in [0, 0.05) is 42.7 Å². The van der Waals surface area contributed by atoms with Gasteiger partial charge in [-0.15, -0.1) is 0 Å². The molecule has 2 N–H and O–H groups in total. The largest absolute Gasteiger partial charge is 0.393 e. The Labute approximate surface area is 112 Å². The average molecular weight is 262 g/mol. The van der Waals surface area contributed by atoms with E-state index in [1.54, 1.807) is 6.07 Å². The summed E-state index contributed by atoms with van der Waals surface area (Å²) in [5.74, 6) is -0.185. The van der Waals surface area contributed by atoms with Crippen molar-refractivity contribution in [3.05, 3.63) is 35.3 Å². The van der Waals surface area contributed by atoms with Crippen LogP contribution in [0, 0.1) is 5.82 Å². The number of H-pyrrole nitrogens is 1. The van der Waals surface area contributed by atoms with Gasteiger partial charge in [-0.1, -0.05) is 0 Å². The summed E-state index contributed by atoms with van der Waals surface area (Å²) in [4.78, 5) is 5.71. The number of rotatable bonds is 3. The summed E-state index contributed by atoms with van der Waals surface area (Å²) >= 11 is 0. The summed E-state index contributed by atoms with van der Waals surface area (Å²) in [6.07, 6.45) is 1.49. The fraction of sp³-hybridized carbons (Fsp3) is 0.467.